The highest BCUT2D eigenvalue weighted by Gasteiger charge is 2.41. The summed E-state index contributed by atoms with van der Waals surface area (Å²) in [7, 11) is -3.35. The number of nitrogens with one attached hydrogen (secondary N) is 1. The lowest BCUT2D eigenvalue weighted by atomic mass is 9.81. The van der Waals surface area contributed by atoms with E-state index >= 15 is 0 Å². The van der Waals surface area contributed by atoms with E-state index in [0.29, 0.717) is 43.6 Å². The Morgan fingerprint density at radius 3 is 2.43 bits per heavy atom. The van der Waals surface area contributed by atoms with Crippen molar-refractivity contribution in [3.8, 4) is 0 Å². The highest BCUT2D eigenvalue weighted by atomic mass is 32.2. The molecule has 37 heavy (non-hydrogen) atoms. The topological polar surface area (TPSA) is 99.6 Å². The van der Waals surface area contributed by atoms with Gasteiger partial charge in [-0.25, -0.2) is 8.42 Å². The van der Waals surface area contributed by atoms with E-state index in [0.717, 1.165) is 11.3 Å². The number of aliphatic hydroxyl groups is 1. The van der Waals surface area contributed by atoms with Gasteiger partial charge in [0.25, 0.3) is 5.91 Å². The van der Waals surface area contributed by atoms with Gasteiger partial charge in [-0.2, -0.15) is 13.2 Å². The zero-order chi connectivity index (χ0) is 26.8. The zero-order valence-corrected chi connectivity index (χ0v) is 21.5. The lowest BCUT2D eigenvalue weighted by Crippen LogP contribution is -2.32. The van der Waals surface area contributed by atoms with E-state index in [1.165, 1.54) is 18.3 Å². The second-order valence-corrected chi connectivity index (χ2v) is 12.2. The number of hydrogen-bond acceptors (Lipinski definition) is 6. The molecular weight excluding hydrogens is 507 g/mol. The Balaban J connectivity index is 1.35. The van der Waals surface area contributed by atoms with Crippen molar-refractivity contribution in [1.82, 2.24) is 15.2 Å². The summed E-state index contributed by atoms with van der Waals surface area (Å²) in [6.07, 6.45) is -1.14. The second kappa shape index (κ2) is 11.1. The number of aliphatic hydroxyl groups excluding tert-OH is 1. The SMILES string of the molecule is CCS(=O)(=O)c1ccc(C(CO)NC(=O)c2cnc3c(c2)CN(CC2CCC(C(F)(F)F)CC2)C3)cc1. The summed E-state index contributed by atoms with van der Waals surface area (Å²) in [5, 5.41) is 12.6. The molecule has 2 heterocycles. The number of carbonyl (C=O) groups is 1. The van der Waals surface area contributed by atoms with Crippen LogP contribution in [-0.4, -0.2) is 54.4 Å². The highest BCUT2D eigenvalue weighted by Crippen LogP contribution is 2.40. The molecule has 1 aliphatic heterocycles. The van der Waals surface area contributed by atoms with Crippen molar-refractivity contribution in [2.45, 2.75) is 62.8 Å². The van der Waals surface area contributed by atoms with E-state index in [1.807, 2.05) is 0 Å². The first-order chi connectivity index (χ1) is 17.5. The maximum absolute atomic E-state index is 12.9. The maximum atomic E-state index is 12.9. The van der Waals surface area contributed by atoms with E-state index < -0.39 is 33.9 Å². The molecule has 0 saturated heterocycles. The minimum atomic E-state index is -4.11. The lowest BCUT2D eigenvalue weighted by Gasteiger charge is -2.32. The van der Waals surface area contributed by atoms with Crippen molar-refractivity contribution in [3.63, 3.8) is 0 Å². The van der Waals surface area contributed by atoms with E-state index in [1.54, 1.807) is 25.1 Å². The minimum absolute atomic E-state index is 0.0194. The van der Waals surface area contributed by atoms with Gasteiger partial charge in [0, 0.05) is 25.8 Å². The summed E-state index contributed by atoms with van der Waals surface area (Å²) in [5.74, 6) is -1.40. The normalized spacial score (nSPS) is 21.4. The molecule has 1 aromatic heterocycles. The van der Waals surface area contributed by atoms with Gasteiger partial charge in [-0.3, -0.25) is 14.7 Å². The first-order valence-electron chi connectivity index (χ1n) is 12.5. The molecule has 1 aromatic carbocycles. The van der Waals surface area contributed by atoms with Crippen LogP contribution in [0.4, 0.5) is 13.2 Å². The average Bonchev–Trinajstić information content (AvgIpc) is 3.28. The van der Waals surface area contributed by atoms with Crippen LogP contribution in [0.5, 0.6) is 0 Å². The molecular formula is C26H32F3N3O4S. The van der Waals surface area contributed by atoms with Gasteiger partial charge in [0.2, 0.25) is 0 Å². The number of halogens is 3. The highest BCUT2D eigenvalue weighted by molar-refractivity contribution is 7.91. The van der Waals surface area contributed by atoms with Crippen LogP contribution in [0.3, 0.4) is 0 Å². The number of sulfone groups is 1. The number of pyridine rings is 1. The number of carbonyl (C=O) groups excluding carboxylic acids is 1. The fourth-order valence-electron chi connectivity index (χ4n) is 5.17. The Hall–Kier alpha value is -2.50. The molecule has 7 nitrogen and oxygen atoms in total. The fourth-order valence-corrected chi connectivity index (χ4v) is 6.05. The van der Waals surface area contributed by atoms with E-state index in [4.69, 9.17) is 0 Å². The van der Waals surface area contributed by atoms with Crippen LogP contribution < -0.4 is 5.32 Å². The molecule has 0 spiro atoms. The molecule has 11 heteroatoms. The monoisotopic (exact) mass is 539 g/mol. The van der Waals surface area contributed by atoms with Gasteiger partial charge in [-0.05, 0) is 60.9 Å². The third-order valence-corrected chi connectivity index (χ3v) is 9.18. The molecule has 1 aliphatic carbocycles. The molecule has 2 aromatic rings. The molecule has 2 N–H and O–H groups in total. The molecule has 2 aliphatic rings. The van der Waals surface area contributed by atoms with Crippen LogP contribution in [0.15, 0.2) is 41.4 Å². The number of alkyl halides is 3. The number of hydrogen-bond donors (Lipinski definition) is 2. The van der Waals surface area contributed by atoms with Crippen molar-refractivity contribution in [1.29, 1.82) is 0 Å². The number of aromatic nitrogens is 1. The number of fused-ring (bicyclic) bond motifs is 1. The number of rotatable bonds is 8. The first kappa shape index (κ1) is 27.5. The van der Waals surface area contributed by atoms with Crippen LogP contribution in [0.1, 0.15) is 65.8 Å². The zero-order valence-electron chi connectivity index (χ0n) is 20.7. The summed E-state index contributed by atoms with van der Waals surface area (Å²) < 4.78 is 62.9. The quantitative estimate of drug-likeness (QED) is 0.526. The molecule has 4 rings (SSSR count). The molecule has 0 radical (unpaired) electrons. The van der Waals surface area contributed by atoms with Crippen LogP contribution in [0.2, 0.25) is 0 Å². The molecule has 1 saturated carbocycles. The first-order valence-corrected chi connectivity index (χ1v) is 14.2. The lowest BCUT2D eigenvalue weighted by molar-refractivity contribution is -0.184. The second-order valence-electron chi connectivity index (χ2n) is 9.94. The van der Waals surface area contributed by atoms with Crippen LogP contribution in [-0.2, 0) is 22.9 Å². The maximum Gasteiger partial charge on any atom is 0.391 e. The van der Waals surface area contributed by atoms with Gasteiger partial charge in [0.1, 0.15) is 0 Å². The van der Waals surface area contributed by atoms with Gasteiger partial charge < -0.3 is 10.4 Å². The van der Waals surface area contributed by atoms with Crippen molar-refractivity contribution in [3.05, 3.63) is 58.9 Å². The molecule has 1 unspecified atom stereocenters. The Morgan fingerprint density at radius 2 is 1.84 bits per heavy atom. The van der Waals surface area contributed by atoms with Crippen molar-refractivity contribution >= 4 is 15.7 Å². The van der Waals surface area contributed by atoms with Gasteiger partial charge in [-0.1, -0.05) is 19.1 Å². The third-order valence-electron chi connectivity index (χ3n) is 7.42. The summed E-state index contributed by atoms with van der Waals surface area (Å²) in [4.78, 5) is 19.7. The standard InChI is InChI=1S/C26H32F3N3O4S/c1-2-37(35,36)22-9-5-18(6-10-22)24(16-33)31-25(34)19-11-20-14-32(15-23(20)30-12-19)13-17-3-7-21(8-4-17)26(27,28)29/h5-6,9-12,17,21,24,33H,2-4,7-8,13-16H2,1H3,(H,31,34). The fraction of sp³-hybridized carbons (Fsp3) is 0.538. The minimum Gasteiger partial charge on any atom is -0.394 e. The summed E-state index contributed by atoms with van der Waals surface area (Å²) in [5.41, 5.74) is 2.68. The smallest absolute Gasteiger partial charge is 0.391 e. The van der Waals surface area contributed by atoms with Crippen molar-refractivity contribution in [2.75, 3.05) is 18.9 Å². The van der Waals surface area contributed by atoms with E-state index in [9.17, 15) is 31.5 Å². The third kappa shape index (κ3) is 6.50. The summed E-state index contributed by atoms with van der Waals surface area (Å²) in [6, 6.07) is 7.12. The van der Waals surface area contributed by atoms with E-state index in [2.05, 4.69) is 15.2 Å². The predicted octanol–water partition coefficient (Wildman–Crippen LogP) is 4.02. The average molecular weight is 540 g/mol. The number of benzene rings is 1. The van der Waals surface area contributed by atoms with E-state index in [-0.39, 0.29) is 36.0 Å². The number of nitrogens with zero attached hydrogens (tertiary/aromatic N) is 2. The summed E-state index contributed by atoms with van der Waals surface area (Å²) >= 11 is 0. The predicted molar refractivity (Wildman–Crippen MR) is 131 cm³/mol. The van der Waals surface area contributed by atoms with Gasteiger partial charge in [-0.15, -0.1) is 0 Å². The molecule has 0 bridgehead atoms. The Bertz CT molecular complexity index is 1210. The van der Waals surface area contributed by atoms with Crippen molar-refractivity contribution < 1.29 is 31.5 Å². The van der Waals surface area contributed by atoms with Gasteiger partial charge in [0.05, 0.1) is 40.5 Å². The van der Waals surface area contributed by atoms with Gasteiger partial charge >= 0.3 is 6.18 Å². The molecule has 1 amide bonds. The molecule has 202 valence electrons. The van der Waals surface area contributed by atoms with Gasteiger partial charge in [0.15, 0.2) is 9.84 Å². The molecule has 1 atom stereocenters. The van der Waals surface area contributed by atoms with Crippen LogP contribution >= 0.6 is 0 Å². The largest absolute Gasteiger partial charge is 0.394 e. The van der Waals surface area contributed by atoms with Crippen molar-refractivity contribution in [2.24, 2.45) is 11.8 Å². The Morgan fingerprint density at radius 1 is 1.16 bits per heavy atom. The summed E-state index contributed by atoms with van der Waals surface area (Å²) in [6.45, 7) is 3.09. The Kier molecular flexibility index (Phi) is 8.25. The van der Waals surface area contributed by atoms with Crippen LogP contribution in [0, 0.1) is 11.8 Å². The van der Waals surface area contributed by atoms with Crippen LogP contribution in [0.25, 0.3) is 0 Å². The molecule has 1 fully saturated rings. The Labute approximate surface area is 215 Å². The number of amides is 1.